The van der Waals surface area contributed by atoms with Crippen molar-refractivity contribution in [2.45, 2.75) is 13.8 Å². The first-order valence-electron chi connectivity index (χ1n) is 5.49. The molecule has 1 aromatic rings. The highest BCUT2D eigenvalue weighted by Gasteiger charge is 2.02. The van der Waals surface area contributed by atoms with Crippen LogP contribution in [0, 0.1) is 0 Å². The van der Waals surface area contributed by atoms with E-state index in [1.54, 1.807) is 12.1 Å². The molecule has 18 heavy (non-hydrogen) atoms. The fourth-order valence-corrected chi connectivity index (χ4v) is 1.23. The Bertz CT molecular complexity index is 483. The Morgan fingerprint density at radius 1 is 1.39 bits per heavy atom. The van der Waals surface area contributed by atoms with Crippen molar-refractivity contribution in [1.29, 1.82) is 0 Å². The third kappa shape index (κ3) is 4.74. The molecule has 4 nitrogen and oxygen atoms in total. The van der Waals surface area contributed by atoms with Gasteiger partial charge >= 0.3 is 5.97 Å². The minimum absolute atomic E-state index is 0.00954. The Hall–Kier alpha value is -2.23. The molecule has 0 aliphatic carbocycles. The van der Waals surface area contributed by atoms with Crippen LogP contribution in [0.3, 0.4) is 0 Å². The van der Waals surface area contributed by atoms with E-state index in [2.05, 4.69) is 0 Å². The van der Waals surface area contributed by atoms with Crippen LogP contribution in [-0.4, -0.2) is 22.8 Å². The van der Waals surface area contributed by atoms with Crippen molar-refractivity contribution in [3.8, 4) is 11.5 Å². The third-order valence-corrected chi connectivity index (χ3v) is 2.13. The summed E-state index contributed by atoms with van der Waals surface area (Å²) in [5.41, 5.74) is 1.74. The summed E-state index contributed by atoms with van der Waals surface area (Å²) in [6.45, 7) is 4.31. The van der Waals surface area contributed by atoms with Gasteiger partial charge in [0.2, 0.25) is 0 Å². The first-order valence-corrected chi connectivity index (χ1v) is 5.49. The van der Waals surface area contributed by atoms with Gasteiger partial charge in [-0.2, -0.15) is 0 Å². The maximum Gasteiger partial charge on any atom is 0.328 e. The fraction of sp³-hybridized carbons (Fsp3) is 0.214. The molecule has 1 rings (SSSR count). The molecule has 0 aromatic heterocycles. The summed E-state index contributed by atoms with van der Waals surface area (Å²) < 4.78 is 5.36. The van der Waals surface area contributed by atoms with Gasteiger partial charge in [-0.1, -0.05) is 11.6 Å². The van der Waals surface area contributed by atoms with Crippen LogP contribution in [0.2, 0.25) is 0 Å². The van der Waals surface area contributed by atoms with Crippen molar-refractivity contribution < 1.29 is 19.7 Å². The highest BCUT2D eigenvalue weighted by atomic mass is 16.5. The lowest BCUT2D eigenvalue weighted by Crippen LogP contribution is -1.94. The number of aliphatic carboxylic acids is 1. The number of hydrogen-bond acceptors (Lipinski definition) is 3. The van der Waals surface area contributed by atoms with Crippen LogP contribution in [0.1, 0.15) is 19.4 Å². The van der Waals surface area contributed by atoms with Gasteiger partial charge in [-0.25, -0.2) is 4.79 Å². The zero-order valence-corrected chi connectivity index (χ0v) is 10.4. The van der Waals surface area contributed by atoms with Crippen LogP contribution >= 0.6 is 0 Å². The standard InChI is InChI=1S/C14H16O4/c1-10(2)7-8-18-13-5-3-11(9-12(13)15)4-6-14(16)17/h3-7,9,15H,8H2,1-2H3,(H,16,17)/b6-4+. The summed E-state index contributed by atoms with van der Waals surface area (Å²) in [7, 11) is 0. The molecule has 0 heterocycles. The van der Waals surface area contributed by atoms with Gasteiger partial charge in [-0.05, 0) is 43.7 Å². The van der Waals surface area contributed by atoms with E-state index in [4.69, 9.17) is 9.84 Å². The Morgan fingerprint density at radius 2 is 2.11 bits per heavy atom. The van der Waals surface area contributed by atoms with Crippen LogP contribution < -0.4 is 4.74 Å². The van der Waals surface area contributed by atoms with Crippen molar-refractivity contribution in [1.82, 2.24) is 0 Å². The molecule has 0 amide bonds. The Balaban J connectivity index is 2.73. The summed E-state index contributed by atoms with van der Waals surface area (Å²) in [5.74, 6) is -0.664. The predicted molar refractivity (Wildman–Crippen MR) is 69.7 cm³/mol. The van der Waals surface area contributed by atoms with Crippen molar-refractivity contribution in [3.63, 3.8) is 0 Å². The van der Waals surface area contributed by atoms with Crippen molar-refractivity contribution in [2.75, 3.05) is 6.61 Å². The second-order valence-electron chi connectivity index (χ2n) is 3.99. The number of phenolic OH excluding ortho intramolecular Hbond substituents is 1. The van der Waals surface area contributed by atoms with E-state index in [-0.39, 0.29) is 5.75 Å². The van der Waals surface area contributed by atoms with E-state index >= 15 is 0 Å². The van der Waals surface area contributed by atoms with E-state index in [0.717, 1.165) is 11.6 Å². The highest BCUT2D eigenvalue weighted by molar-refractivity contribution is 5.85. The number of benzene rings is 1. The van der Waals surface area contributed by atoms with Crippen LogP contribution in [0.4, 0.5) is 0 Å². The second kappa shape index (κ2) is 6.49. The Labute approximate surface area is 106 Å². The number of carbonyl (C=O) groups is 1. The normalized spacial score (nSPS) is 10.3. The lowest BCUT2D eigenvalue weighted by molar-refractivity contribution is -0.131. The Kier molecular flexibility index (Phi) is 4.99. The minimum atomic E-state index is -1.03. The number of carboxylic acids is 1. The molecule has 2 N–H and O–H groups in total. The minimum Gasteiger partial charge on any atom is -0.504 e. The average Bonchev–Trinajstić information content (AvgIpc) is 2.28. The molecular weight excluding hydrogens is 232 g/mol. The van der Waals surface area contributed by atoms with Gasteiger partial charge < -0.3 is 14.9 Å². The molecule has 0 aliphatic heterocycles. The molecule has 1 aromatic carbocycles. The van der Waals surface area contributed by atoms with Crippen LogP contribution in [0.25, 0.3) is 6.08 Å². The molecule has 0 spiro atoms. The first kappa shape index (κ1) is 13.8. The molecule has 0 aliphatic rings. The molecule has 0 bridgehead atoms. The van der Waals surface area contributed by atoms with Crippen molar-refractivity contribution >= 4 is 12.0 Å². The lowest BCUT2D eigenvalue weighted by Gasteiger charge is -2.06. The summed E-state index contributed by atoms with van der Waals surface area (Å²) in [6, 6.07) is 4.74. The summed E-state index contributed by atoms with van der Waals surface area (Å²) in [5, 5.41) is 18.2. The van der Waals surface area contributed by atoms with Gasteiger partial charge in [0.25, 0.3) is 0 Å². The van der Waals surface area contributed by atoms with Crippen molar-refractivity contribution in [2.24, 2.45) is 0 Å². The van der Waals surface area contributed by atoms with E-state index in [1.165, 1.54) is 12.1 Å². The van der Waals surface area contributed by atoms with Gasteiger partial charge in [-0.3, -0.25) is 0 Å². The zero-order valence-electron chi connectivity index (χ0n) is 10.4. The van der Waals surface area contributed by atoms with Gasteiger partial charge in [0.1, 0.15) is 6.61 Å². The highest BCUT2D eigenvalue weighted by Crippen LogP contribution is 2.27. The summed E-state index contributed by atoms with van der Waals surface area (Å²) >= 11 is 0. The number of hydrogen-bond donors (Lipinski definition) is 2. The number of allylic oxidation sites excluding steroid dienone is 1. The summed E-state index contributed by atoms with van der Waals surface area (Å²) in [6.07, 6.45) is 4.32. The van der Waals surface area contributed by atoms with Crippen LogP contribution in [0.15, 0.2) is 35.9 Å². The Morgan fingerprint density at radius 3 is 2.67 bits per heavy atom. The number of ether oxygens (including phenoxy) is 1. The smallest absolute Gasteiger partial charge is 0.328 e. The third-order valence-electron chi connectivity index (χ3n) is 2.13. The van der Waals surface area contributed by atoms with E-state index in [1.807, 2.05) is 19.9 Å². The number of carboxylic acid groups (broad SMARTS) is 1. The lowest BCUT2D eigenvalue weighted by atomic mass is 10.2. The van der Waals surface area contributed by atoms with Crippen LogP contribution in [-0.2, 0) is 4.79 Å². The van der Waals surface area contributed by atoms with E-state index < -0.39 is 5.97 Å². The maximum atomic E-state index is 10.3. The second-order valence-corrected chi connectivity index (χ2v) is 3.99. The molecule has 96 valence electrons. The topological polar surface area (TPSA) is 66.8 Å². The molecular formula is C14H16O4. The zero-order chi connectivity index (χ0) is 13.5. The quantitative estimate of drug-likeness (QED) is 0.621. The molecule has 0 fully saturated rings. The molecule has 0 unspecified atom stereocenters. The van der Waals surface area contributed by atoms with E-state index in [0.29, 0.717) is 17.9 Å². The molecule has 0 saturated heterocycles. The number of aromatic hydroxyl groups is 1. The monoisotopic (exact) mass is 248 g/mol. The fourth-order valence-electron chi connectivity index (χ4n) is 1.23. The van der Waals surface area contributed by atoms with Gasteiger partial charge in [-0.15, -0.1) is 0 Å². The average molecular weight is 248 g/mol. The maximum absolute atomic E-state index is 10.3. The predicted octanol–water partition coefficient (Wildman–Crippen LogP) is 2.84. The number of phenols is 1. The van der Waals surface area contributed by atoms with Gasteiger partial charge in [0.05, 0.1) is 0 Å². The van der Waals surface area contributed by atoms with Gasteiger partial charge in [0, 0.05) is 6.08 Å². The number of rotatable bonds is 5. The molecule has 0 atom stereocenters. The summed E-state index contributed by atoms with van der Waals surface area (Å²) in [4.78, 5) is 10.3. The first-order chi connectivity index (χ1) is 8.49. The molecule has 4 heteroatoms. The van der Waals surface area contributed by atoms with E-state index in [9.17, 15) is 9.90 Å². The van der Waals surface area contributed by atoms with Crippen LogP contribution in [0.5, 0.6) is 11.5 Å². The molecule has 0 saturated carbocycles. The largest absolute Gasteiger partial charge is 0.504 e. The van der Waals surface area contributed by atoms with Gasteiger partial charge in [0.15, 0.2) is 11.5 Å². The molecule has 0 radical (unpaired) electrons. The SMILES string of the molecule is CC(C)=CCOc1ccc(/C=C/C(=O)O)cc1O. The van der Waals surface area contributed by atoms with Crippen molar-refractivity contribution in [3.05, 3.63) is 41.5 Å².